The van der Waals surface area contributed by atoms with Crippen LogP contribution in [0.15, 0.2) is 42.0 Å². The van der Waals surface area contributed by atoms with Gasteiger partial charge in [0.05, 0.1) is 18.1 Å². The first-order valence-electron chi connectivity index (χ1n) is 6.65. The van der Waals surface area contributed by atoms with Crippen LogP contribution in [0.3, 0.4) is 0 Å². The number of pyridine rings is 1. The monoisotopic (exact) mass is 309 g/mol. The number of aromatic nitrogens is 6. The molecule has 108 valence electrons. The number of rotatable bonds is 4. The van der Waals surface area contributed by atoms with E-state index in [0.717, 1.165) is 27.4 Å². The van der Waals surface area contributed by atoms with Gasteiger partial charge in [0, 0.05) is 6.20 Å². The van der Waals surface area contributed by atoms with Crippen LogP contribution < -0.4 is 5.32 Å². The average Bonchev–Trinajstić information content (AvgIpc) is 3.24. The smallest absolute Gasteiger partial charge is 0.181 e. The van der Waals surface area contributed by atoms with Crippen molar-refractivity contribution in [3.05, 3.63) is 47.7 Å². The van der Waals surface area contributed by atoms with E-state index in [1.165, 1.54) is 0 Å². The number of anilines is 1. The molecule has 0 aliphatic heterocycles. The molecule has 4 aromatic rings. The molecule has 0 bridgehead atoms. The van der Waals surface area contributed by atoms with Crippen molar-refractivity contribution in [1.29, 1.82) is 0 Å². The molecule has 0 amide bonds. The Morgan fingerprint density at radius 1 is 1.18 bits per heavy atom. The maximum absolute atomic E-state index is 4.61. The Kier molecular flexibility index (Phi) is 3.20. The lowest BCUT2D eigenvalue weighted by atomic mass is 10.3. The SMILES string of the molecule is c1ccc(-c2nc(NCc3cn[nH]n3)c3ccsc3n2)nc1. The van der Waals surface area contributed by atoms with Crippen LogP contribution in [0.25, 0.3) is 21.7 Å². The molecule has 8 heteroatoms. The molecule has 0 aromatic carbocycles. The Hall–Kier alpha value is -2.87. The highest BCUT2D eigenvalue weighted by molar-refractivity contribution is 7.16. The zero-order chi connectivity index (χ0) is 14.8. The lowest BCUT2D eigenvalue weighted by molar-refractivity contribution is 0.909. The summed E-state index contributed by atoms with van der Waals surface area (Å²) in [5.74, 6) is 1.38. The third-order valence-corrected chi connectivity index (χ3v) is 3.93. The number of thiophene rings is 1. The third kappa shape index (κ3) is 2.40. The maximum Gasteiger partial charge on any atom is 0.181 e. The summed E-state index contributed by atoms with van der Waals surface area (Å²) in [7, 11) is 0. The summed E-state index contributed by atoms with van der Waals surface area (Å²) in [5, 5.41) is 16.7. The fourth-order valence-electron chi connectivity index (χ4n) is 2.08. The van der Waals surface area contributed by atoms with Gasteiger partial charge in [0.25, 0.3) is 0 Å². The summed E-state index contributed by atoms with van der Waals surface area (Å²) in [6.07, 6.45) is 3.42. The fraction of sp³-hybridized carbons (Fsp3) is 0.0714. The lowest BCUT2D eigenvalue weighted by Gasteiger charge is -2.07. The van der Waals surface area contributed by atoms with E-state index in [4.69, 9.17) is 0 Å². The minimum absolute atomic E-state index is 0.542. The zero-order valence-corrected chi connectivity index (χ0v) is 12.2. The van der Waals surface area contributed by atoms with Gasteiger partial charge in [-0.15, -0.1) is 11.3 Å². The predicted molar refractivity (Wildman–Crippen MR) is 84.4 cm³/mol. The Morgan fingerprint density at radius 3 is 3.00 bits per heavy atom. The molecule has 22 heavy (non-hydrogen) atoms. The molecular weight excluding hydrogens is 298 g/mol. The number of aromatic amines is 1. The minimum Gasteiger partial charge on any atom is -0.364 e. The first kappa shape index (κ1) is 12.8. The molecule has 0 unspecified atom stereocenters. The van der Waals surface area contributed by atoms with Gasteiger partial charge in [-0.05, 0) is 23.6 Å². The largest absolute Gasteiger partial charge is 0.364 e. The van der Waals surface area contributed by atoms with Crippen molar-refractivity contribution in [1.82, 2.24) is 30.4 Å². The average molecular weight is 309 g/mol. The first-order valence-corrected chi connectivity index (χ1v) is 7.53. The van der Waals surface area contributed by atoms with Crippen LogP contribution >= 0.6 is 11.3 Å². The van der Waals surface area contributed by atoms with Crippen LogP contribution in [-0.4, -0.2) is 30.4 Å². The zero-order valence-electron chi connectivity index (χ0n) is 11.4. The highest BCUT2D eigenvalue weighted by Gasteiger charge is 2.11. The molecular formula is C14H11N7S. The number of hydrogen-bond donors (Lipinski definition) is 2. The summed E-state index contributed by atoms with van der Waals surface area (Å²) in [6, 6.07) is 7.70. The van der Waals surface area contributed by atoms with Crippen molar-refractivity contribution in [3.8, 4) is 11.5 Å². The van der Waals surface area contributed by atoms with E-state index in [1.807, 2.05) is 29.6 Å². The van der Waals surface area contributed by atoms with Crippen molar-refractivity contribution >= 4 is 27.4 Å². The highest BCUT2D eigenvalue weighted by atomic mass is 32.1. The van der Waals surface area contributed by atoms with E-state index < -0.39 is 0 Å². The van der Waals surface area contributed by atoms with Gasteiger partial charge in [0.15, 0.2) is 5.82 Å². The Balaban J connectivity index is 1.74. The van der Waals surface area contributed by atoms with Gasteiger partial charge in [-0.3, -0.25) is 4.98 Å². The van der Waals surface area contributed by atoms with Crippen molar-refractivity contribution in [2.75, 3.05) is 5.32 Å². The van der Waals surface area contributed by atoms with E-state index in [2.05, 4.69) is 35.7 Å². The second kappa shape index (κ2) is 5.49. The van der Waals surface area contributed by atoms with Gasteiger partial charge in [-0.2, -0.15) is 15.4 Å². The molecule has 0 fully saturated rings. The molecule has 0 atom stereocenters. The number of H-pyrrole nitrogens is 1. The summed E-state index contributed by atoms with van der Waals surface area (Å²) < 4.78 is 0. The number of hydrogen-bond acceptors (Lipinski definition) is 7. The second-order valence-corrected chi connectivity index (χ2v) is 5.46. The topological polar surface area (TPSA) is 92.3 Å². The highest BCUT2D eigenvalue weighted by Crippen LogP contribution is 2.27. The minimum atomic E-state index is 0.542. The summed E-state index contributed by atoms with van der Waals surface area (Å²) in [5.41, 5.74) is 1.57. The van der Waals surface area contributed by atoms with Crippen LogP contribution in [-0.2, 0) is 6.54 Å². The molecule has 0 saturated heterocycles. The van der Waals surface area contributed by atoms with Crippen molar-refractivity contribution in [2.45, 2.75) is 6.54 Å². The van der Waals surface area contributed by atoms with Gasteiger partial charge in [0.1, 0.15) is 22.0 Å². The second-order valence-electron chi connectivity index (χ2n) is 4.57. The van der Waals surface area contributed by atoms with Gasteiger partial charge in [-0.25, -0.2) is 9.97 Å². The molecule has 0 aliphatic carbocycles. The summed E-state index contributed by atoms with van der Waals surface area (Å²) in [6.45, 7) is 0.542. The predicted octanol–water partition coefficient (Wildman–Crippen LogP) is 2.48. The van der Waals surface area contributed by atoms with Gasteiger partial charge in [0.2, 0.25) is 0 Å². The van der Waals surface area contributed by atoms with Crippen LogP contribution in [0.4, 0.5) is 5.82 Å². The Labute approximate surface area is 129 Å². The Bertz CT molecular complexity index is 886. The van der Waals surface area contributed by atoms with Gasteiger partial charge < -0.3 is 5.32 Å². The van der Waals surface area contributed by atoms with Gasteiger partial charge >= 0.3 is 0 Å². The van der Waals surface area contributed by atoms with Crippen LogP contribution in [0.1, 0.15) is 5.69 Å². The maximum atomic E-state index is 4.61. The van der Waals surface area contributed by atoms with Crippen LogP contribution in [0.2, 0.25) is 0 Å². The van der Waals surface area contributed by atoms with E-state index in [-0.39, 0.29) is 0 Å². The van der Waals surface area contributed by atoms with E-state index in [9.17, 15) is 0 Å². The van der Waals surface area contributed by atoms with E-state index >= 15 is 0 Å². The molecule has 0 spiro atoms. The van der Waals surface area contributed by atoms with Crippen LogP contribution in [0.5, 0.6) is 0 Å². The molecule has 4 heterocycles. The molecule has 7 nitrogen and oxygen atoms in total. The Morgan fingerprint density at radius 2 is 2.18 bits per heavy atom. The van der Waals surface area contributed by atoms with Crippen molar-refractivity contribution in [3.63, 3.8) is 0 Å². The quantitative estimate of drug-likeness (QED) is 0.601. The molecule has 0 aliphatic rings. The summed E-state index contributed by atoms with van der Waals surface area (Å²) in [4.78, 5) is 14.4. The number of nitrogens with zero attached hydrogens (tertiary/aromatic N) is 5. The number of nitrogens with one attached hydrogen (secondary N) is 2. The van der Waals surface area contributed by atoms with E-state index in [0.29, 0.717) is 12.4 Å². The van der Waals surface area contributed by atoms with E-state index in [1.54, 1.807) is 23.7 Å². The van der Waals surface area contributed by atoms with Crippen LogP contribution in [0, 0.1) is 0 Å². The van der Waals surface area contributed by atoms with Gasteiger partial charge in [-0.1, -0.05) is 6.07 Å². The molecule has 4 aromatic heterocycles. The van der Waals surface area contributed by atoms with Crippen molar-refractivity contribution < 1.29 is 0 Å². The first-order chi connectivity index (χ1) is 10.9. The lowest BCUT2D eigenvalue weighted by Crippen LogP contribution is -2.04. The van der Waals surface area contributed by atoms with Crippen molar-refractivity contribution in [2.24, 2.45) is 0 Å². The molecule has 0 saturated carbocycles. The molecule has 4 rings (SSSR count). The normalized spacial score (nSPS) is 10.9. The standard InChI is InChI=1S/C14H11N7S/c1-2-5-15-11(3-1)13-18-12(10-4-6-22-14(10)19-13)16-7-9-8-17-21-20-9/h1-6,8H,7H2,(H,16,18,19)(H,17,20,21). The third-order valence-electron chi connectivity index (χ3n) is 3.12. The summed E-state index contributed by atoms with van der Waals surface area (Å²) >= 11 is 1.58. The molecule has 2 N–H and O–H groups in total. The fourth-order valence-corrected chi connectivity index (χ4v) is 2.85. The number of fused-ring (bicyclic) bond motifs is 1. The molecule has 0 radical (unpaired) electrons.